The van der Waals surface area contributed by atoms with Crippen molar-refractivity contribution >= 4 is 17.3 Å². The van der Waals surface area contributed by atoms with E-state index in [0.717, 1.165) is 25.1 Å². The molecule has 1 aliphatic rings. The van der Waals surface area contributed by atoms with Crippen molar-refractivity contribution in [3.05, 3.63) is 66.0 Å². The number of halogens is 5. The summed E-state index contributed by atoms with van der Waals surface area (Å²) in [6, 6.07) is 7.64. The molecule has 4 nitrogen and oxygen atoms in total. The van der Waals surface area contributed by atoms with Crippen LogP contribution >= 0.6 is 0 Å². The molecule has 1 unspecified atom stereocenters. The Labute approximate surface area is 228 Å². The number of hydrogen-bond acceptors (Lipinski definition) is 4. The average molecular weight is 551 g/mol. The predicted molar refractivity (Wildman–Crippen MR) is 148 cm³/mol. The van der Waals surface area contributed by atoms with Gasteiger partial charge in [0.05, 0.1) is 11.9 Å². The van der Waals surface area contributed by atoms with Crippen molar-refractivity contribution < 1.29 is 22.0 Å². The number of aromatic nitrogens is 2. The third-order valence-electron chi connectivity index (χ3n) is 8.74. The summed E-state index contributed by atoms with van der Waals surface area (Å²) < 4.78 is 69.9. The zero-order valence-electron chi connectivity index (χ0n) is 23.8. The lowest BCUT2D eigenvalue weighted by Gasteiger charge is -2.46. The van der Waals surface area contributed by atoms with Gasteiger partial charge in [0.2, 0.25) is 0 Å². The molecule has 0 spiro atoms. The standard InChI is InChI=1S/C30H39F5N4/c1-19(2)26(3,4)21-16-12-13-17-22(21)38-25-24(37-20-14-10-9-11-15-20)36-18-23(39-25)27(5,6)28(7,8)29(31,32)30(33,34)35/h9-14,16-20H,15H2,1-8H3,(H,36,37)(H,38,39). The summed E-state index contributed by atoms with van der Waals surface area (Å²) >= 11 is 0. The molecule has 39 heavy (non-hydrogen) atoms. The summed E-state index contributed by atoms with van der Waals surface area (Å²) in [5, 5.41) is 6.66. The van der Waals surface area contributed by atoms with Crippen molar-refractivity contribution in [3.8, 4) is 0 Å². The first-order chi connectivity index (χ1) is 17.8. The number of allylic oxidation sites excluding steroid dienone is 2. The largest absolute Gasteiger partial charge is 0.453 e. The second-order valence-corrected chi connectivity index (χ2v) is 12.1. The lowest BCUT2D eigenvalue weighted by atomic mass is 9.62. The highest BCUT2D eigenvalue weighted by atomic mass is 19.4. The molecule has 2 aromatic rings. The third kappa shape index (κ3) is 5.68. The van der Waals surface area contributed by atoms with E-state index in [9.17, 15) is 22.0 Å². The fraction of sp³-hybridized carbons (Fsp3) is 0.533. The average Bonchev–Trinajstić information content (AvgIpc) is 2.85. The Morgan fingerprint density at radius 3 is 2.10 bits per heavy atom. The van der Waals surface area contributed by atoms with E-state index < -0.39 is 22.9 Å². The first-order valence-corrected chi connectivity index (χ1v) is 13.1. The van der Waals surface area contributed by atoms with E-state index in [1.807, 2.05) is 48.6 Å². The number of rotatable bonds is 9. The maximum absolute atomic E-state index is 14.8. The van der Waals surface area contributed by atoms with E-state index in [1.54, 1.807) is 0 Å². The van der Waals surface area contributed by atoms with E-state index in [0.29, 0.717) is 18.2 Å². The summed E-state index contributed by atoms with van der Waals surface area (Å²) in [5.74, 6) is -4.05. The number of benzene rings is 1. The summed E-state index contributed by atoms with van der Waals surface area (Å²) in [6.07, 6.45) is 4.07. The SMILES string of the molecule is CC(C)C(C)(C)c1ccccc1Nc1nc(C(C)(C)C(C)(C)C(F)(F)C(F)(F)F)cnc1NC1C=CC=CC1. The van der Waals surface area contributed by atoms with Crippen LogP contribution in [-0.2, 0) is 10.8 Å². The van der Waals surface area contributed by atoms with Gasteiger partial charge in [-0.2, -0.15) is 22.0 Å². The van der Waals surface area contributed by atoms with Crippen LogP contribution in [0.25, 0.3) is 0 Å². The second kappa shape index (κ2) is 10.5. The van der Waals surface area contributed by atoms with Crippen LogP contribution in [0.3, 0.4) is 0 Å². The van der Waals surface area contributed by atoms with Gasteiger partial charge >= 0.3 is 12.1 Å². The molecule has 0 fully saturated rings. The van der Waals surface area contributed by atoms with Crippen LogP contribution in [0.5, 0.6) is 0 Å². The van der Waals surface area contributed by atoms with Crippen LogP contribution in [0, 0.1) is 11.3 Å². The van der Waals surface area contributed by atoms with Crippen molar-refractivity contribution in [2.24, 2.45) is 11.3 Å². The number of para-hydroxylation sites is 1. The number of hydrogen-bond donors (Lipinski definition) is 2. The summed E-state index contributed by atoms with van der Waals surface area (Å²) in [4.78, 5) is 9.16. The molecule has 0 radical (unpaired) electrons. The van der Waals surface area contributed by atoms with E-state index in [1.165, 1.54) is 20.0 Å². The maximum Gasteiger partial charge on any atom is 0.453 e. The highest BCUT2D eigenvalue weighted by Gasteiger charge is 2.70. The first-order valence-electron chi connectivity index (χ1n) is 13.1. The van der Waals surface area contributed by atoms with Gasteiger partial charge < -0.3 is 10.6 Å². The fourth-order valence-corrected chi connectivity index (χ4v) is 4.41. The minimum atomic E-state index is -5.72. The first kappa shape index (κ1) is 30.6. The van der Waals surface area contributed by atoms with Gasteiger partial charge in [-0.1, -0.05) is 97.9 Å². The topological polar surface area (TPSA) is 49.8 Å². The number of nitrogens with zero attached hydrogens (tertiary/aromatic N) is 2. The van der Waals surface area contributed by atoms with Crippen LogP contribution in [-0.4, -0.2) is 28.1 Å². The van der Waals surface area contributed by atoms with Crippen molar-refractivity contribution in [3.63, 3.8) is 0 Å². The minimum Gasteiger partial charge on any atom is -0.360 e. The van der Waals surface area contributed by atoms with Crippen molar-refractivity contribution in [1.29, 1.82) is 0 Å². The Morgan fingerprint density at radius 2 is 1.54 bits per heavy atom. The number of anilines is 3. The van der Waals surface area contributed by atoms with Gasteiger partial charge in [-0.15, -0.1) is 0 Å². The Kier molecular flexibility index (Phi) is 8.26. The molecule has 0 saturated carbocycles. The molecule has 2 N–H and O–H groups in total. The highest BCUT2D eigenvalue weighted by molar-refractivity contribution is 5.71. The van der Waals surface area contributed by atoms with Gasteiger partial charge in [-0.05, 0) is 29.4 Å². The molecular formula is C30H39F5N4. The lowest BCUT2D eigenvalue weighted by molar-refractivity contribution is -0.330. The molecule has 3 rings (SSSR count). The molecule has 0 saturated heterocycles. The van der Waals surface area contributed by atoms with Gasteiger partial charge in [0.25, 0.3) is 0 Å². The highest BCUT2D eigenvalue weighted by Crippen LogP contribution is 2.56. The van der Waals surface area contributed by atoms with Crippen molar-refractivity contribution in [2.75, 3.05) is 10.6 Å². The maximum atomic E-state index is 14.8. The van der Waals surface area contributed by atoms with E-state index in [2.05, 4.69) is 48.3 Å². The quantitative estimate of drug-likeness (QED) is 0.306. The van der Waals surface area contributed by atoms with E-state index in [-0.39, 0.29) is 23.0 Å². The smallest absolute Gasteiger partial charge is 0.360 e. The van der Waals surface area contributed by atoms with Crippen LogP contribution in [0.15, 0.2) is 54.8 Å². The summed E-state index contributed by atoms with van der Waals surface area (Å²) in [7, 11) is 0. The van der Waals surface area contributed by atoms with Gasteiger partial charge in [0, 0.05) is 22.6 Å². The van der Waals surface area contributed by atoms with Crippen LogP contribution in [0.2, 0.25) is 0 Å². The lowest BCUT2D eigenvalue weighted by Crippen LogP contribution is -2.57. The molecule has 1 heterocycles. The van der Waals surface area contributed by atoms with E-state index >= 15 is 0 Å². The van der Waals surface area contributed by atoms with Crippen LogP contribution in [0.1, 0.15) is 73.1 Å². The van der Waals surface area contributed by atoms with Crippen LogP contribution < -0.4 is 10.6 Å². The van der Waals surface area contributed by atoms with E-state index in [4.69, 9.17) is 0 Å². The summed E-state index contributed by atoms with van der Waals surface area (Å²) in [5.41, 5.74) is -2.69. The fourth-order valence-electron chi connectivity index (χ4n) is 4.41. The van der Waals surface area contributed by atoms with Gasteiger partial charge in [-0.3, -0.25) is 0 Å². The number of nitrogens with one attached hydrogen (secondary N) is 2. The van der Waals surface area contributed by atoms with Gasteiger partial charge in [0.15, 0.2) is 11.6 Å². The second-order valence-electron chi connectivity index (χ2n) is 12.1. The molecule has 0 aliphatic heterocycles. The van der Waals surface area contributed by atoms with Crippen LogP contribution in [0.4, 0.5) is 39.3 Å². The molecule has 0 amide bonds. The van der Waals surface area contributed by atoms with Crippen molar-refractivity contribution in [2.45, 2.75) is 90.8 Å². The molecule has 214 valence electrons. The minimum absolute atomic E-state index is 0.0177. The zero-order valence-corrected chi connectivity index (χ0v) is 23.8. The van der Waals surface area contributed by atoms with Gasteiger partial charge in [0.1, 0.15) is 0 Å². The molecular weight excluding hydrogens is 511 g/mol. The normalized spacial score (nSPS) is 17.0. The molecule has 9 heteroatoms. The Bertz CT molecular complexity index is 1230. The molecule has 0 bridgehead atoms. The molecule has 1 aromatic carbocycles. The number of alkyl halides is 5. The van der Waals surface area contributed by atoms with Gasteiger partial charge in [-0.25, -0.2) is 9.97 Å². The molecule has 1 aliphatic carbocycles. The Morgan fingerprint density at radius 1 is 0.897 bits per heavy atom. The molecule has 1 atom stereocenters. The Balaban J connectivity index is 2.14. The predicted octanol–water partition coefficient (Wildman–Crippen LogP) is 8.95. The van der Waals surface area contributed by atoms with Crippen molar-refractivity contribution in [1.82, 2.24) is 9.97 Å². The monoisotopic (exact) mass is 550 g/mol. The zero-order chi connectivity index (χ0) is 29.4. The Hall–Kier alpha value is -2.97. The molecule has 1 aromatic heterocycles. The third-order valence-corrected chi connectivity index (χ3v) is 8.74. The summed E-state index contributed by atoms with van der Waals surface area (Å²) in [6.45, 7) is 13.0.